The number of carbonyl (C=O) groups is 3. The van der Waals surface area contributed by atoms with Crippen LogP contribution < -0.4 is 0 Å². The highest BCUT2D eigenvalue weighted by Gasteiger charge is 2.24. The van der Waals surface area contributed by atoms with E-state index in [4.69, 9.17) is 4.74 Å². The molecule has 37 heavy (non-hydrogen) atoms. The molecule has 0 spiro atoms. The lowest BCUT2D eigenvalue weighted by atomic mass is 9.94. The number of fused-ring (bicyclic) bond motifs is 1. The summed E-state index contributed by atoms with van der Waals surface area (Å²) in [6.07, 6.45) is 2.59. The lowest BCUT2D eigenvalue weighted by Crippen LogP contribution is -2.37. The van der Waals surface area contributed by atoms with Crippen LogP contribution in [0.1, 0.15) is 23.6 Å². The van der Waals surface area contributed by atoms with Crippen molar-refractivity contribution in [2.24, 2.45) is 0 Å². The molecule has 4 aromatic carbocycles. The third-order valence-electron chi connectivity index (χ3n) is 5.97. The van der Waals surface area contributed by atoms with Crippen LogP contribution in [0.3, 0.4) is 0 Å². The highest BCUT2D eigenvalue weighted by Crippen LogP contribution is 2.31. The number of amides is 1. The van der Waals surface area contributed by atoms with Crippen LogP contribution in [0.2, 0.25) is 0 Å². The highest BCUT2D eigenvalue weighted by atomic mass is 16.5. The largest absolute Gasteiger partial charge is 0.478 e. The molecule has 4 aromatic rings. The van der Waals surface area contributed by atoms with E-state index in [2.05, 4.69) is 0 Å². The van der Waals surface area contributed by atoms with E-state index in [1.165, 1.54) is 11.0 Å². The monoisotopic (exact) mass is 493 g/mol. The fourth-order valence-electron chi connectivity index (χ4n) is 4.23. The normalized spacial score (nSPS) is 10.9. The standard InChI is InChI=1S/C31H27NO5/c1-2-37-31(36)30(35)32(20-22-9-4-3-5-10-22)21-26-16-15-25(19-24(26)17-18-29(33)34)28-14-8-12-23-11-6-7-13-27(23)28/h3-19H,2,20-21H2,1H3,(H,33,34). The van der Waals surface area contributed by atoms with Gasteiger partial charge in [0.2, 0.25) is 0 Å². The number of esters is 1. The molecule has 0 aromatic heterocycles. The molecule has 0 saturated heterocycles. The number of carbonyl (C=O) groups excluding carboxylic acids is 2. The molecule has 4 rings (SSSR count). The van der Waals surface area contributed by atoms with Crippen molar-refractivity contribution in [1.29, 1.82) is 0 Å². The van der Waals surface area contributed by atoms with E-state index in [-0.39, 0.29) is 19.7 Å². The second-order valence-electron chi connectivity index (χ2n) is 8.48. The molecule has 0 atom stereocenters. The SMILES string of the molecule is CCOC(=O)C(=O)N(Cc1ccccc1)Cc1ccc(-c2cccc3ccccc23)cc1C=CC(=O)O. The van der Waals surface area contributed by atoms with Crippen LogP contribution in [-0.4, -0.2) is 34.5 Å². The van der Waals surface area contributed by atoms with E-state index in [9.17, 15) is 19.5 Å². The Balaban J connectivity index is 1.75. The van der Waals surface area contributed by atoms with Crippen molar-refractivity contribution in [3.63, 3.8) is 0 Å². The van der Waals surface area contributed by atoms with Crippen LogP contribution in [0, 0.1) is 0 Å². The molecule has 0 fully saturated rings. The van der Waals surface area contributed by atoms with E-state index in [0.717, 1.165) is 33.5 Å². The molecule has 186 valence electrons. The minimum atomic E-state index is -1.08. The number of hydrogen-bond donors (Lipinski definition) is 1. The van der Waals surface area contributed by atoms with Crippen molar-refractivity contribution in [2.45, 2.75) is 20.0 Å². The number of rotatable bonds is 8. The van der Waals surface area contributed by atoms with Crippen molar-refractivity contribution in [1.82, 2.24) is 4.90 Å². The third-order valence-corrected chi connectivity index (χ3v) is 5.97. The van der Waals surface area contributed by atoms with Gasteiger partial charge in [0.1, 0.15) is 0 Å². The Kier molecular flexibility index (Phi) is 8.11. The Bertz CT molecular complexity index is 1450. The minimum absolute atomic E-state index is 0.0933. The van der Waals surface area contributed by atoms with Crippen molar-refractivity contribution < 1.29 is 24.2 Å². The first-order valence-corrected chi connectivity index (χ1v) is 12.0. The smallest absolute Gasteiger partial charge is 0.397 e. The lowest BCUT2D eigenvalue weighted by molar-refractivity contribution is -0.160. The summed E-state index contributed by atoms with van der Waals surface area (Å²) in [5, 5.41) is 11.5. The summed E-state index contributed by atoms with van der Waals surface area (Å²) in [5.74, 6) is -2.75. The van der Waals surface area contributed by atoms with E-state index in [1.54, 1.807) is 6.92 Å². The van der Waals surface area contributed by atoms with Gasteiger partial charge in [-0.15, -0.1) is 0 Å². The first-order valence-electron chi connectivity index (χ1n) is 12.0. The number of carboxylic acid groups (broad SMARTS) is 1. The molecule has 0 aliphatic carbocycles. The molecule has 0 saturated carbocycles. The molecule has 0 radical (unpaired) electrons. The first kappa shape index (κ1) is 25.4. The summed E-state index contributed by atoms with van der Waals surface area (Å²) in [5.41, 5.74) is 4.13. The van der Waals surface area contributed by atoms with Crippen LogP contribution in [0.25, 0.3) is 28.0 Å². The van der Waals surface area contributed by atoms with E-state index in [0.29, 0.717) is 11.1 Å². The Hall–Kier alpha value is -4.71. The topological polar surface area (TPSA) is 83.9 Å². The fourth-order valence-corrected chi connectivity index (χ4v) is 4.23. The maximum absolute atomic E-state index is 13.0. The van der Waals surface area contributed by atoms with Crippen LogP contribution in [-0.2, 0) is 32.2 Å². The van der Waals surface area contributed by atoms with Gasteiger partial charge in [0.15, 0.2) is 0 Å². The second kappa shape index (κ2) is 11.8. The zero-order chi connectivity index (χ0) is 26.2. The molecule has 0 aliphatic heterocycles. The fraction of sp³-hybridized carbons (Fsp3) is 0.129. The van der Waals surface area contributed by atoms with Crippen LogP contribution in [0.15, 0.2) is 97.1 Å². The van der Waals surface area contributed by atoms with Gasteiger partial charge in [0, 0.05) is 19.2 Å². The quantitative estimate of drug-likeness (QED) is 0.193. The summed E-state index contributed by atoms with van der Waals surface area (Å²) >= 11 is 0. The van der Waals surface area contributed by atoms with Crippen LogP contribution in [0.4, 0.5) is 0 Å². The van der Waals surface area contributed by atoms with Gasteiger partial charge < -0.3 is 14.7 Å². The molecule has 1 amide bonds. The van der Waals surface area contributed by atoms with E-state index >= 15 is 0 Å². The maximum Gasteiger partial charge on any atom is 0.397 e. The molecule has 0 bridgehead atoms. The molecular weight excluding hydrogens is 466 g/mol. The second-order valence-corrected chi connectivity index (χ2v) is 8.48. The van der Waals surface area contributed by atoms with Gasteiger partial charge in [-0.1, -0.05) is 84.9 Å². The number of aliphatic carboxylic acids is 1. The zero-order valence-corrected chi connectivity index (χ0v) is 20.5. The Morgan fingerprint density at radius 3 is 2.35 bits per heavy atom. The van der Waals surface area contributed by atoms with Crippen molar-refractivity contribution in [3.8, 4) is 11.1 Å². The highest BCUT2D eigenvalue weighted by molar-refractivity contribution is 6.32. The van der Waals surface area contributed by atoms with Gasteiger partial charge in [0.25, 0.3) is 0 Å². The first-order chi connectivity index (χ1) is 18.0. The van der Waals surface area contributed by atoms with Crippen LogP contribution >= 0.6 is 0 Å². The number of benzene rings is 4. The predicted molar refractivity (Wildman–Crippen MR) is 143 cm³/mol. The molecule has 1 N–H and O–H groups in total. The van der Waals surface area contributed by atoms with E-state index < -0.39 is 17.8 Å². The van der Waals surface area contributed by atoms with Gasteiger partial charge >= 0.3 is 17.8 Å². The molecule has 0 unspecified atom stereocenters. The molecule has 0 aliphatic rings. The minimum Gasteiger partial charge on any atom is -0.478 e. The number of ether oxygens (including phenoxy) is 1. The summed E-state index contributed by atoms with van der Waals surface area (Å²) in [6.45, 7) is 2.04. The number of hydrogen-bond acceptors (Lipinski definition) is 4. The Labute approximate surface area is 215 Å². The van der Waals surface area contributed by atoms with E-state index in [1.807, 2.05) is 91.0 Å². The van der Waals surface area contributed by atoms with Gasteiger partial charge in [-0.3, -0.25) is 4.79 Å². The molecular formula is C31H27NO5. The van der Waals surface area contributed by atoms with Crippen LogP contribution in [0.5, 0.6) is 0 Å². The zero-order valence-electron chi connectivity index (χ0n) is 20.5. The summed E-state index contributed by atoms with van der Waals surface area (Å²) in [6, 6.07) is 29.2. The van der Waals surface area contributed by atoms with Crippen molar-refractivity contribution >= 4 is 34.7 Å². The van der Waals surface area contributed by atoms with Crippen molar-refractivity contribution in [3.05, 3.63) is 114 Å². The Morgan fingerprint density at radius 1 is 0.865 bits per heavy atom. The number of nitrogens with zero attached hydrogens (tertiary/aromatic N) is 1. The third kappa shape index (κ3) is 6.30. The lowest BCUT2D eigenvalue weighted by Gasteiger charge is -2.23. The Morgan fingerprint density at radius 2 is 1.59 bits per heavy atom. The van der Waals surface area contributed by atoms with Gasteiger partial charge in [-0.2, -0.15) is 0 Å². The predicted octanol–water partition coefficient (Wildman–Crippen LogP) is 5.70. The van der Waals surface area contributed by atoms with Gasteiger partial charge in [-0.05, 0) is 57.7 Å². The molecule has 6 heteroatoms. The average Bonchev–Trinajstić information content (AvgIpc) is 2.92. The van der Waals surface area contributed by atoms with Gasteiger partial charge in [0.05, 0.1) is 6.61 Å². The molecule has 6 nitrogen and oxygen atoms in total. The maximum atomic E-state index is 13.0. The summed E-state index contributed by atoms with van der Waals surface area (Å²) in [4.78, 5) is 38.1. The number of carboxylic acids is 1. The average molecular weight is 494 g/mol. The van der Waals surface area contributed by atoms with Crippen molar-refractivity contribution in [2.75, 3.05) is 6.61 Å². The molecule has 0 heterocycles. The van der Waals surface area contributed by atoms with Gasteiger partial charge in [-0.25, -0.2) is 9.59 Å². The summed E-state index contributed by atoms with van der Waals surface area (Å²) in [7, 11) is 0. The summed E-state index contributed by atoms with van der Waals surface area (Å²) < 4.78 is 4.97.